The van der Waals surface area contributed by atoms with Gasteiger partial charge in [0.2, 0.25) is 5.91 Å². The maximum absolute atomic E-state index is 14.5. The second-order valence-corrected chi connectivity index (χ2v) is 7.35. The number of nitrogens with one attached hydrogen (secondary N) is 1. The SMILES string of the molecule is C=CCN1C[C@H](C(=O)N(CC)CC)C=C2c3cccc4[nH]c(F)c(c34)C[C@H]21. The topological polar surface area (TPSA) is 39.3 Å². The van der Waals surface area contributed by atoms with Crippen LogP contribution in [0.3, 0.4) is 0 Å². The predicted molar refractivity (Wildman–Crippen MR) is 107 cm³/mol. The van der Waals surface area contributed by atoms with Crippen molar-refractivity contribution in [1.82, 2.24) is 14.8 Å². The van der Waals surface area contributed by atoms with Gasteiger partial charge in [0.05, 0.1) is 5.92 Å². The number of fused-ring (bicyclic) bond motifs is 2. The highest BCUT2D eigenvalue weighted by Crippen LogP contribution is 2.42. The van der Waals surface area contributed by atoms with Crippen LogP contribution in [-0.4, -0.2) is 52.9 Å². The van der Waals surface area contributed by atoms with Gasteiger partial charge in [-0.05, 0) is 37.5 Å². The minimum atomic E-state index is -0.239. The normalized spacial score (nSPS) is 21.7. The fourth-order valence-electron chi connectivity index (χ4n) is 4.66. The second kappa shape index (κ2) is 6.97. The summed E-state index contributed by atoms with van der Waals surface area (Å²) in [7, 11) is 0. The molecule has 0 spiro atoms. The highest BCUT2D eigenvalue weighted by atomic mass is 19.1. The van der Waals surface area contributed by atoms with Crippen molar-refractivity contribution in [1.29, 1.82) is 0 Å². The second-order valence-electron chi connectivity index (χ2n) is 7.35. The van der Waals surface area contributed by atoms with Gasteiger partial charge in [-0.3, -0.25) is 9.69 Å². The molecular weight excluding hydrogens is 341 g/mol. The summed E-state index contributed by atoms with van der Waals surface area (Å²) >= 11 is 0. The van der Waals surface area contributed by atoms with Crippen molar-refractivity contribution < 1.29 is 9.18 Å². The minimum absolute atomic E-state index is 0.0761. The number of hydrogen-bond acceptors (Lipinski definition) is 2. The Bertz CT molecular complexity index is 925. The lowest BCUT2D eigenvalue weighted by Crippen LogP contribution is -2.49. The van der Waals surface area contributed by atoms with E-state index in [2.05, 4.69) is 22.5 Å². The maximum Gasteiger partial charge on any atom is 0.230 e. The van der Waals surface area contributed by atoms with Gasteiger partial charge in [0.1, 0.15) is 0 Å². The summed E-state index contributed by atoms with van der Waals surface area (Å²) < 4.78 is 14.5. The van der Waals surface area contributed by atoms with E-state index in [0.717, 1.165) is 27.6 Å². The molecule has 0 saturated carbocycles. The van der Waals surface area contributed by atoms with E-state index in [1.807, 2.05) is 43.0 Å². The summed E-state index contributed by atoms with van der Waals surface area (Å²) in [6, 6.07) is 5.99. The third kappa shape index (κ3) is 2.81. The summed E-state index contributed by atoms with van der Waals surface area (Å²) in [5, 5.41) is 0.965. The van der Waals surface area contributed by atoms with E-state index in [1.54, 1.807) is 0 Å². The number of H-pyrrole nitrogens is 1. The van der Waals surface area contributed by atoms with Crippen LogP contribution in [0, 0.1) is 11.9 Å². The molecule has 0 radical (unpaired) electrons. The molecule has 4 nitrogen and oxygen atoms in total. The van der Waals surface area contributed by atoms with Crippen LogP contribution in [0.5, 0.6) is 0 Å². The third-order valence-electron chi connectivity index (χ3n) is 5.95. The first-order chi connectivity index (χ1) is 13.1. The standard InChI is InChI=1S/C22H26FN3O/c1-4-10-26-13-14(22(27)25(5-2)6-3)11-16-15-8-7-9-18-20(15)17(12-19(16)26)21(23)24-18/h4,7-9,11,14,19,24H,1,5-6,10,12-13H2,2-3H3/t14-,19-/m1/s1. The Hall–Kier alpha value is -2.40. The minimum Gasteiger partial charge on any atom is -0.343 e. The number of carbonyl (C=O) groups is 1. The lowest BCUT2D eigenvalue weighted by atomic mass is 9.79. The van der Waals surface area contributed by atoms with Gasteiger partial charge in [0.15, 0.2) is 5.95 Å². The lowest BCUT2D eigenvalue weighted by molar-refractivity contribution is -0.134. The summed E-state index contributed by atoms with van der Waals surface area (Å²) in [6.45, 7) is 10.7. The Morgan fingerprint density at radius 1 is 1.41 bits per heavy atom. The van der Waals surface area contributed by atoms with Crippen LogP contribution in [0.15, 0.2) is 36.9 Å². The number of aromatic amines is 1. The van der Waals surface area contributed by atoms with E-state index in [4.69, 9.17) is 0 Å². The van der Waals surface area contributed by atoms with Crippen molar-refractivity contribution in [3.63, 3.8) is 0 Å². The molecule has 1 N–H and O–H groups in total. The number of benzene rings is 1. The number of carbonyl (C=O) groups excluding carboxylic acids is 1. The average Bonchev–Trinajstić information content (AvgIpc) is 3.00. The van der Waals surface area contributed by atoms with E-state index >= 15 is 0 Å². The van der Waals surface area contributed by atoms with Crippen LogP contribution in [0.4, 0.5) is 4.39 Å². The van der Waals surface area contributed by atoms with Crippen LogP contribution in [0.25, 0.3) is 16.5 Å². The number of aromatic nitrogens is 1. The Balaban J connectivity index is 1.84. The monoisotopic (exact) mass is 367 g/mol. The molecule has 0 bridgehead atoms. The highest BCUT2D eigenvalue weighted by Gasteiger charge is 2.38. The molecule has 2 aromatic rings. The van der Waals surface area contributed by atoms with Crippen molar-refractivity contribution in [2.75, 3.05) is 26.2 Å². The molecule has 1 amide bonds. The van der Waals surface area contributed by atoms with Gasteiger partial charge in [0.25, 0.3) is 0 Å². The van der Waals surface area contributed by atoms with Gasteiger partial charge < -0.3 is 9.88 Å². The number of halogens is 1. The molecule has 0 unspecified atom stereocenters. The third-order valence-corrected chi connectivity index (χ3v) is 5.95. The van der Waals surface area contributed by atoms with Crippen LogP contribution >= 0.6 is 0 Å². The molecule has 2 aliphatic rings. The van der Waals surface area contributed by atoms with Crippen LogP contribution in [-0.2, 0) is 11.2 Å². The molecule has 1 aromatic heterocycles. The van der Waals surface area contributed by atoms with Gasteiger partial charge in [-0.2, -0.15) is 4.39 Å². The fourth-order valence-corrected chi connectivity index (χ4v) is 4.66. The predicted octanol–water partition coefficient (Wildman–Crippen LogP) is 3.60. The number of hydrogen-bond donors (Lipinski definition) is 1. The smallest absolute Gasteiger partial charge is 0.230 e. The molecule has 2 heterocycles. The molecule has 4 rings (SSSR count). The van der Waals surface area contributed by atoms with Crippen LogP contribution < -0.4 is 0 Å². The van der Waals surface area contributed by atoms with E-state index in [1.165, 1.54) is 0 Å². The lowest BCUT2D eigenvalue weighted by Gasteiger charge is -2.42. The van der Waals surface area contributed by atoms with Crippen molar-refractivity contribution in [3.05, 3.63) is 54.0 Å². The molecule has 5 heteroatoms. The largest absolute Gasteiger partial charge is 0.343 e. The van der Waals surface area contributed by atoms with Gasteiger partial charge in [-0.25, -0.2) is 0 Å². The summed E-state index contributed by atoms with van der Waals surface area (Å²) in [6.07, 6.45) is 4.62. The van der Waals surface area contributed by atoms with Gasteiger partial charge >= 0.3 is 0 Å². The Morgan fingerprint density at radius 3 is 2.89 bits per heavy atom. The van der Waals surface area contributed by atoms with Gasteiger partial charge in [-0.1, -0.05) is 24.3 Å². The molecule has 0 fully saturated rings. The number of nitrogens with zero attached hydrogens (tertiary/aromatic N) is 2. The molecule has 1 aliphatic heterocycles. The molecule has 142 valence electrons. The Kier molecular flexibility index (Phi) is 4.64. The number of rotatable bonds is 5. The quantitative estimate of drug-likeness (QED) is 0.820. The molecule has 2 atom stereocenters. The maximum atomic E-state index is 14.5. The summed E-state index contributed by atoms with van der Waals surface area (Å²) in [5.41, 5.74) is 3.77. The fraction of sp³-hybridized carbons (Fsp3) is 0.409. The van der Waals surface area contributed by atoms with Crippen LogP contribution in [0.1, 0.15) is 25.0 Å². The zero-order chi connectivity index (χ0) is 19.1. The first-order valence-corrected chi connectivity index (χ1v) is 9.73. The molecular formula is C22H26FN3O. The van der Waals surface area contributed by atoms with Gasteiger partial charge in [0, 0.05) is 48.7 Å². The summed E-state index contributed by atoms with van der Waals surface area (Å²) in [4.78, 5) is 20.1. The van der Waals surface area contributed by atoms with E-state index in [9.17, 15) is 9.18 Å². The zero-order valence-corrected chi connectivity index (χ0v) is 16.0. The number of amides is 1. The molecule has 1 aliphatic carbocycles. The van der Waals surface area contributed by atoms with Crippen molar-refractivity contribution in [3.8, 4) is 0 Å². The first-order valence-electron chi connectivity index (χ1n) is 9.73. The first kappa shape index (κ1) is 18.0. The van der Waals surface area contributed by atoms with E-state index < -0.39 is 0 Å². The Morgan fingerprint density at radius 2 is 2.19 bits per heavy atom. The molecule has 1 aromatic carbocycles. The van der Waals surface area contributed by atoms with Crippen LogP contribution in [0.2, 0.25) is 0 Å². The van der Waals surface area contributed by atoms with Gasteiger partial charge in [-0.15, -0.1) is 6.58 Å². The molecule has 27 heavy (non-hydrogen) atoms. The van der Waals surface area contributed by atoms with E-state index in [-0.39, 0.29) is 23.8 Å². The van der Waals surface area contributed by atoms with Crippen molar-refractivity contribution in [2.24, 2.45) is 5.92 Å². The van der Waals surface area contributed by atoms with E-state index in [0.29, 0.717) is 32.6 Å². The Labute approximate surface area is 159 Å². The highest BCUT2D eigenvalue weighted by molar-refractivity contribution is 5.99. The molecule has 0 saturated heterocycles. The summed E-state index contributed by atoms with van der Waals surface area (Å²) in [5.74, 6) is -0.258. The van der Waals surface area contributed by atoms with Crippen molar-refractivity contribution >= 4 is 22.4 Å². The zero-order valence-electron chi connectivity index (χ0n) is 16.0. The average molecular weight is 367 g/mol. The van der Waals surface area contributed by atoms with Crippen molar-refractivity contribution in [2.45, 2.75) is 26.3 Å².